The number of aromatic nitrogens is 1. The zero-order valence-corrected chi connectivity index (χ0v) is 8.36. The second-order valence-corrected chi connectivity index (χ2v) is 3.58. The normalized spacial score (nSPS) is 15.8. The summed E-state index contributed by atoms with van der Waals surface area (Å²) in [5.74, 6) is 0.367. The molecule has 2 rings (SSSR count). The van der Waals surface area contributed by atoms with Crippen LogP contribution in [0.5, 0.6) is 0 Å². The molecule has 1 fully saturated rings. The van der Waals surface area contributed by atoms with Crippen LogP contribution in [-0.4, -0.2) is 29.0 Å². The Morgan fingerprint density at radius 2 is 2.33 bits per heavy atom. The van der Waals surface area contributed by atoms with Crippen molar-refractivity contribution in [3.05, 3.63) is 27.9 Å². The number of rotatable bonds is 3. The van der Waals surface area contributed by atoms with Gasteiger partial charge in [-0.05, 0) is 13.0 Å². The van der Waals surface area contributed by atoms with Crippen LogP contribution < -0.4 is 10.6 Å². The Hall–Kier alpha value is -1.69. The van der Waals surface area contributed by atoms with Crippen molar-refractivity contribution in [2.75, 3.05) is 18.4 Å². The summed E-state index contributed by atoms with van der Waals surface area (Å²) < 4.78 is 0. The van der Waals surface area contributed by atoms with Crippen molar-refractivity contribution in [1.29, 1.82) is 0 Å². The van der Waals surface area contributed by atoms with E-state index in [0.717, 1.165) is 18.8 Å². The van der Waals surface area contributed by atoms with Crippen LogP contribution in [0.1, 0.15) is 5.69 Å². The summed E-state index contributed by atoms with van der Waals surface area (Å²) in [4.78, 5) is 14.5. The Morgan fingerprint density at radius 3 is 2.87 bits per heavy atom. The van der Waals surface area contributed by atoms with E-state index in [2.05, 4.69) is 15.6 Å². The molecule has 0 saturated carbocycles. The van der Waals surface area contributed by atoms with Crippen molar-refractivity contribution in [2.24, 2.45) is 0 Å². The highest BCUT2D eigenvalue weighted by atomic mass is 16.6. The van der Waals surface area contributed by atoms with Gasteiger partial charge < -0.3 is 10.6 Å². The van der Waals surface area contributed by atoms with Crippen molar-refractivity contribution in [2.45, 2.75) is 13.0 Å². The van der Waals surface area contributed by atoms with E-state index in [4.69, 9.17) is 0 Å². The van der Waals surface area contributed by atoms with Crippen LogP contribution in [0.2, 0.25) is 0 Å². The second kappa shape index (κ2) is 3.82. The third-order valence-electron chi connectivity index (χ3n) is 2.33. The summed E-state index contributed by atoms with van der Waals surface area (Å²) >= 11 is 0. The SMILES string of the molecule is Cc1ccc([N+](=O)[O-])c(NC2CNC2)n1. The number of aryl methyl sites for hydroxylation is 1. The molecule has 1 saturated heterocycles. The molecular formula is C9H12N4O2. The van der Waals surface area contributed by atoms with Crippen LogP contribution in [0.3, 0.4) is 0 Å². The zero-order chi connectivity index (χ0) is 10.8. The van der Waals surface area contributed by atoms with Crippen molar-refractivity contribution < 1.29 is 4.92 Å². The topological polar surface area (TPSA) is 80.1 Å². The molecule has 15 heavy (non-hydrogen) atoms. The standard InChI is InChI=1S/C9H12N4O2/c1-6-2-3-8(13(14)15)9(11-6)12-7-4-10-5-7/h2-3,7,10H,4-5H2,1H3,(H,11,12). The van der Waals surface area contributed by atoms with Crippen molar-refractivity contribution in [3.63, 3.8) is 0 Å². The molecule has 1 aliphatic rings. The number of nitrogens with zero attached hydrogens (tertiary/aromatic N) is 2. The molecule has 0 bridgehead atoms. The molecule has 2 N–H and O–H groups in total. The summed E-state index contributed by atoms with van der Waals surface area (Å²) in [6, 6.07) is 3.37. The van der Waals surface area contributed by atoms with Gasteiger partial charge in [-0.15, -0.1) is 0 Å². The van der Waals surface area contributed by atoms with Crippen molar-refractivity contribution in [1.82, 2.24) is 10.3 Å². The summed E-state index contributed by atoms with van der Waals surface area (Å²) in [6.45, 7) is 3.47. The van der Waals surface area contributed by atoms with Gasteiger partial charge in [0.1, 0.15) is 0 Å². The van der Waals surface area contributed by atoms with E-state index in [1.807, 2.05) is 6.92 Å². The molecule has 1 aromatic rings. The van der Waals surface area contributed by atoms with Gasteiger partial charge in [0, 0.05) is 24.8 Å². The molecule has 0 spiro atoms. The Balaban J connectivity index is 2.24. The lowest BCUT2D eigenvalue weighted by atomic mass is 10.2. The monoisotopic (exact) mass is 208 g/mol. The van der Waals surface area contributed by atoms with Gasteiger partial charge in [0.2, 0.25) is 5.82 Å². The molecule has 0 aromatic carbocycles. The predicted molar refractivity (Wildman–Crippen MR) is 55.9 cm³/mol. The fourth-order valence-corrected chi connectivity index (χ4v) is 1.39. The maximum atomic E-state index is 10.7. The first-order chi connectivity index (χ1) is 7.16. The van der Waals surface area contributed by atoms with Crippen molar-refractivity contribution in [3.8, 4) is 0 Å². The van der Waals surface area contributed by atoms with E-state index in [1.165, 1.54) is 6.07 Å². The van der Waals surface area contributed by atoms with Crippen LogP contribution in [0, 0.1) is 17.0 Å². The lowest BCUT2D eigenvalue weighted by molar-refractivity contribution is -0.384. The minimum Gasteiger partial charge on any atom is -0.359 e. The third kappa shape index (κ3) is 2.04. The summed E-state index contributed by atoms with van der Waals surface area (Å²) in [6.07, 6.45) is 0. The second-order valence-electron chi connectivity index (χ2n) is 3.58. The maximum Gasteiger partial charge on any atom is 0.311 e. The Kier molecular flexibility index (Phi) is 2.51. The Labute approximate surface area is 86.9 Å². The van der Waals surface area contributed by atoms with Gasteiger partial charge in [0.05, 0.1) is 11.0 Å². The molecule has 0 aliphatic carbocycles. The number of nitro groups is 1. The fourth-order valence-electron chi connectivity index (χ4n) is 1.39. The Bertz CT molecular complexity index is 390. The van der Waals surface area contributed by atoms with Gasteiger partial charge in [0.25, 0.3) is 0 Å². The van der Waals surface area contributed by atoms with E-state index in [0.29, 0.717) is 5.82 Å². The first-order valence-electron chi connectivity index (χ1n) is 4.76. The van der Waals surface area contributed by atoms with Crippen LogP contribution in [0.15, 0.2) is 12.1 Å². The van der Waals surface area contributed by atoms with E-state index in [-0.39, 0.29) is 11.7 Å². The highest BCUT2D eigenvalue weighted by Crippen LogP contribution is 2.22. The molecule has 0 radical (unpaired) electrons. The first kappa shape index (κ1) is 9.85. The van der Waals surface area contributed by atoms with Gasteiger partial charge in [-0.3, -0.25) is 10.1 Å². The molecule has 0 amide bonds. The molecule has 6 nitrogen and oxygen atoms in total. The van der Waals surface area contributed by atoms with Gasteiger partial charge in [-0.25, -0.2) is 4.98 Å². The molecule has 1 aliphatic heterocycles. The Morgan fingerprint density at radius 1 is 1.60 bits per heavy atom. The van der Waals surface area contributed by atoms with Crippen LogP contribution in [-0.2, 0) is 0 Å². The molecule has 0 atom stereocenters. The fraction of sp³-hybridized carbons (Fsp3) is 0.444. The van der Waals surface area contributed by atoms with Gasteiger partial charge in [-0.1, -0.05) is 0 Å². The molecule has 6 heteroatoms. The number of hydrogen-bond acceptors (Lipinski definition) is 5. The predicted octanol–water partition coefficient (Wildman–Crippen LogP) is 0.682. The summed E-state index contributed by atoms with van der Waals surface area (Å²) in [7, 11) is 0. The number of pyridine rings is 1. The maximum absolute atomic E-state index is 10.7. The lowest BCUT2D eigenvalue weighted by Gasteiger charge is -2.28. The van der Waals surface area contributed by atoms with Crippen LogP contribution in [0.25, 0.3) is 0 Å². The van der Waals surface area contributed by atoms with E-state index in [1.54, 1.807) is 6.07 Å². The molecule has 1 aromatic heterocycles. The molecule has 0 unspecified atom stereocenters. The first-order valence-corrected chi connectivity index (χ1v) is 4.76. The third-order valence-corrected chi connectivity index (χ3v) is 2.33. The highest BCUT2D eigenvalue weighted by molar-refractivity contribution is 5.56. The summed E-state index contributed by atoms with van der Waals surface area (Å²) in [5, 5.41) is 16.9. The van der Waals surface area contributed by atoms with Crippen LogP contribution in [0.4, 0.5) is 11.5 Å². The van der Waals surface area contributed by atoms with E-state index < -0.39 is 4.92 Å². The van der Waals surface area contributed by atoms with Gasteiger partial charge in [0.15, 0.2) is 0 Å². The average molecular weight is 208 g/mol. The van der Waals surface area contributed by atoms with Crippen molar-refractivity contribution >= 4 is 11.5 Å². The number of nitrogens with one attached hydrogen (secondary N) is 2. The number of anilines is 1. The molecule has 80 valence electrons. The average Bonchev–Trinajstić information content (AvgIpc) is 2.11. The number of hydrogen-bond donors (Lipinski definition) is 2. The minimum atomic E-state index is -0.416. The minimum absolute atomic E-state index is 0.0347. The lowest BCUT2D eigenvalue weighted by Crippen LogP contribution is -2.51. The summed E-state index contributed by atoms with van der Waals surface area (Å²) in [5.41, 5.74) is 0.808. The smallest absolute Gasteiger partial charge is 0.311 e. The molecular weight excluding hydrogens is 196 g/mol. The van der Waals surface area contributed by atoms with E-state index >= 15 is 0 Å². The van der Waals surface area contributed by atoms with Crippen LogP contribution >= 0.6 is 0 Å². The largest absolute Gasteiger partial charge is 0.359 e. The zero-order valence-electron chi connectivity index (χ0n) is 8.36. The highest BCUT2D eigenvalue weighted by Gasteiger charge is 2.22. The molecule has 2 heterocycles. The quantitative estimate of drug-likeness (QED) is 0.564. The van der Waals surface area contributed by atoms with E-state index in [9.17, 15) is 10.1 Å². The van der Waals surface area contributed by atoms with Gasteiger partial charge >= 0.3 is 5.69 Å². The van der Waals surface area contributed by atoms with Gasteiger partial charge in [-0.2, -0.15) is 0 Å².